The third kappa shape index (κ3) is 4.06. The fraction of sp³-hybridized carbons (Fsp3) is 0.300. The molecule has 1 N–H and O–H groups in total. The highest BCUT2D eigenvalue weighted by atomic mass is 16.5. The average Bonchev–Trinajstić information content (AvgIpc) is 2.62. The highest BCUT2D eigenvalue weighted by Crippen LogP contribution is 2.20. The average molecular weight is 338 g/mol. The Labute approximate surface area is 147 Å². The summed E-state index contributed by atoms with van der Waals surface area (Å²) in [7, 11) is 1.34. The van der Waals surface area contributed by atoms with Crippen molar-refractivity contribution in [2.24, 2.45) is 0 Å². The molecule has 25 heavy (non-hydrogen) atoms. The predicted molar refractivity (Wildman–Crippen MR) is 96.6 cm³/mol. The van der Waals surface area contributed by atoms with Crippen LogP contribution in [0.2, 0.25) is 0 Å². The number of ether oxygens (including phenoxy) is 1. The highest BCUT2D eigenvalue weighted by molar-refractivity contribution is 5.96. The van der Waals surface area contributed by atoms with E-state index in [-0.39, 0.29) is 5.91 Å². The molecule has 5 nitrogen and oxygen atoms in total. The van der Waals surface area contributed by atoms with Crippen LogP contribution in [0.15, 0.2) is 42.5 Å². The number of carbonyl (C=O) groups excluding carboxylic acids is 2. The van der Waals surface area contributed by atoms with Crippen LogP contribution < -0.4 is 5.32 Å². The molecule has 1 aliphatic rings. The van der Waals surface area contributed by atoms with E-state index in [4.69, 9.17) is 4.74 Å². The van der Waals surface area contributed by atoms with Crippen molar-refractivity contribution in [2.45, 2.75) is 19.9 Å². The van der Waals surface area contributed by atoms with E-state index in [1.54, 1.807) is 18.2 Å². The van der Waals surface area contributed by atoms with Crippen LogP contribution >= 0.6 is 0 Å². The molecule has 1 heterocycles. The molecule has 1 amide bonds. The van der Waals surface area contributed by atoms with Crippen molar-refractivity contribution in [1.29, 1.82) is 0 Å². The molecule has 0 unspecified atom stereocenters. The number of hydrogen-bond donors (Lipinski definition) is 1. The molecule has 0 radical (unpaired) electrons. The topological polar surface area (TPSA) is 58.6 Å². The first kappa shape index (κ1) is 17.2. The van der Waals surface area contributed by atoms with Crippen molar-refractivity contribution in [1.82, 2.24) is 4.90 Å². The maximum atomic E-state index is 12.4. The number of esters is 1. The predicted octanol–water partition coefficient (Wildman–Crippen LogP) is 2.78. The lowest BCUT2D eigenvalue weighted by molar-refractivity contribution is -0.117. The van der Waals surface area contributed by atoms with Gasteiger partial charge in [0, 0.05) is 18.8 Å². The maximum absolute atomic E-state index is 12.4. The minimum absolute atomic E-state index is 0.0792. The lowest BCUT2D eigenvalue weighted by atomic mass is 10.00. The fourth-order valence-corrected chi connectivity index (χ4v) is 3.08. The molecule has 2 aromatic carbocycles. The van der Waals surface area contributed by atoms with Crippen LogP contribution in [0.5, 0.6) is 0 Å². The van der Waals surface area contributed by atoms with Gasteiger partial charge >= 0.3 is 5.97 Å². The van der Waals surface area contributed by atoms with E-state index in [0.717, 1.165) is 25.1 Å². The van der Waals surface area contributed by atoms with E-state index >= 15 is 0 Å². The molecule has 0 aromatic heterocycles. The van der Waals surface area contributed by atoms with Gasteiger partial charge in [-0.05, 0) is 42.2 Å². The van der Waals surface area contributed by atoms with Gasteiger partial charge in [-0.3, -0.25) is 9.69 Å². The molecule has 0 saturated heterocycles. The quantitative estimate of drug-likeness (QED) is 0.871. The van der Waals surface area contributed by atoms with Gasteiger partial charge in [-0.15, -0.1) is 0 Å². The Kier molecular flexibility index (Phi) is 5.14. The number of nitrogens with one attached hydrogen (secondary N) is 1. The summed E-state index contributed by atoms with van der Waals surface area (Å²) >= 11 is 0. The number of carbonyl (C=O) groups is 2. The van der Waals surface area contributed by atoms with Crippen LogP contribution in [0.3, 0.4) is 0 Å². The second-order valence-electron chi connectivity index (χ2n) is 6.30. The van der Waals surface area contributed by atoms with Crippen molar-refractivity contribution in [2.75, 3.05) is 25.5 Å². The summed E-state index contributed by atoms with van der Waals surface area (Å²) in [6.45, 7) is 3.88. The van der Waals surface area contributed by atoms with E-state index in [1.165, 1.54) is 18.2 Å². The van der Waals surface area contributed by atoms with Gasteiger partial charge in [0.15, 0.2) is 0 Å². The number of amides is 1. The number of hydrogen-bond acceptors (Lipinski definition) is 4. The number of benzene rings is 2. The van der Waals surface area contributed by atoms with E-state index in [0.29, 0.717) is 17.8 Å². The van der Waals surface area contributed by atoms with Crippen molar-refractivity contribution >= 4 is 17.6 Å². The number of fused-ring (bicyclic) bond motifs is 1. The van der Waals surface area contributed by atoms with Gasteiger partial charge in [-0.1, -0.05) is 30.3 Å². The Bertz CT molecular complexity index is 801. The van der Waals surface area contributed by atoms with Crippen molar-refractivity contribution < 1.29 is 14.3 Å². The zero-order valence-corrected chi connectivity index (χ0v) is 14.5. The SMILES string of the molecule is COC(=O)c1ccc(C)c(NC(=O)CN2CCc3ccccc3C2)c1. The molecule has 130 valence electrons. The van der Waals surface area contributed by atoms with Crippen molar-refractivity contribution in [3.05, 3.63) is 64.7 Å². The Morgan fingerprint density at radius 3 is 2.68 bits per heavy atom. The van der Waals surface area contributed by atoms with Crippen LogP contribution in [0, 0.1) is 6.92 Å². The van der Waals surface area contributed by atoms with Crippen LogP contribution in [0.25, 0.3) is 0 Å². The van der Waals surface area contributed by atoms with Gasteiger partial charge in [0.2, 0.25) is 5.91 Å². The molecule has 1 aliphatic heterocycles. The Hall–Kier alpha value is -2.66. The van der Waals surface area contributed by atoms with Gasteiger partial charge in [-0.25, -0.2) is 4.79 Å². The Morgan fingerprint density at radius 2 is 1.92 bits per heavy atom. The van der Waals surface area contributed by atoms with Crippen molar-refractivity contribution in [3.8, 4) is 0 Å². The van der Waals surface area contributed by atoms with Crippen LogP contribution in [-0.4, -0.2) is 37.0 Å². The number of anilines is 1. The summed E-state index contributed by atoms with van der Waals surface area (Å²) in [5, 5.41) is 2.91. The minimum Gasteiger partial charge on any atom is -0.465 e. The van der Waals surface area contributed by atoms with Gasteiger partial charge in [0.1, 0.15) is 0 Å². The second kappa shape index (κ2) is 7.49. The summed E-state index contributed by atoms with van der Waals surface area (Å²) in [4.78, 5) is 26.2. The van der Waals surface area contributed by atoms with Crippen LogP contribution in [-0.2, 0) is 22.5 Å². The molecule has 0 aliphatic carbocycles. The summed E-state index contributed by atoms with van der Waals surface area (Å²) in [6.07, 6.45) is 0.959. The van der Waals surface area contributed by atoms with Crippen LogP contribution in [0.4, 0.5) is 5.69 Å². The molecule has 3 rings (SSSR count). The first-order chi connectivity index (χ1) is 12.1. The molecule has 5 heteroatoms. The fourth-order valence-electron chi connectivity index (χ4n) is 3.08. The Morgan fingerprint density at radius 1 is 1.16 bits per heavy atom. The highest BCUT2D eigenvalue weighted by Gasteiger charge is 2.18. The standard InChI is InChI=1S/C20H22N2O3/c1-14-7-8-16(20(24)25-2)11-18(14)21-19(23)13-22-10-9-15-5-3-4-6-17(15)12-22/h3-8,11H,9-10,12-13H2,1-2H3,(H,21,23). The number of aryl methyl sites for hydroxylation is 1. The third-order valence-electron chi connectivity index (χ3n) is 4.51. The molecule has 0 spiro atoms. The van der Waals surface area contributed by atoms with E-state index < -0.39 is 5.97 Å². The molecule has 0 atom stereocenters. The van der Waals surface area contributed by atoms with Gasteiger partial charge in [0.25, 0.3) is 0 Å². The lowest BCUT2D eigenvalue weighted by Gasteiger charge is -2.28. The monoisotopic (exact) mass is 338 g/mol. The largest absolute Gasteiger partial charge is 0.465 e. The van der Waals surface area contributed by atoms with Crippen LogP contribution in [0.1, 0.15) is 27.0 Å². The van der Waals surface area contributed by atoms with E-state index in [9.17, 15) is 9.59 Å². The number of rotatable bonds is 4. The maximum Gasteiger partial charge on any atom is 0.337 e. The summed E-state index contributed by atoms with van der Waals surface area (Å²) in [5.41, 5.74) is 4.62. The first-order valence-electron chi connectivity index (χ1n) is 8.35. The summed E-state index contributed by atoms with van der Waals surface area (Å²) in [5.74, 6) is -0.493. The smallest absolute Gasteiger partial charge is 0.337 e. The van der Waals surface area contributed by atoms with Crippen molar-refractivity contribution in [3.63, 3.8) is 0 Å². The molecular weight excluding hydrogens is 316 g/mol. The molecular formula is C20H22N2O3. The summed E-state index contributed by atoms with van der Waals surface area (Å²) in [6, 6.07) is 13.5. The molecule has 0 bridgehead atoms. The normalized spacial score (nSPS) is 13.8. The zero-order chi connectivity index (χ0) is 17.8. The van der Waals surface area contributed by atoms with E-state index in [2.05, 4.69) is 28.4 Å². The summed E-state index contributed by atoms with van der Waals surface area (Å²) < 4.78 is 4.73. The minimum atomic E-state index is -0.414. The number of nitrogens with zero attached hydrogens (tertiary/aromatic N) is 1. The molecule has 0 saturated carbocycles. The number of methoxy groups -OCH3 is 1. The van der Waals surface area contributed by atoms with Gasteiger partial charge < -0.3 is 10.1 Å². The van der Waals surface area contributed by atoms with E-state index in [1.807, 2.05) is 13.0 Å². The van der Waals surface area contributed by atoms with Gasteiger partial charge in [-0.2, -0.15) is 0 Å². The zero-order valence-electron chi connectivity index (χ0n) is 14.5. The Balaban J connectivity index is 1.64. The molecule has 2 aromatic rings. The third-order valence-corrected chi connectivity index (χ3v) is 4.51. The molecule has 0 fully saturated rings. The first-order valence-corrected chi connectivity index (χ1v) is 8.35. The lowest BCUT2D eigenvalue weighted by Crippen LogP contribution is -2.37. The van der Waals surface area contributed by atoms with Gasteiger partial charge in [0.05, 0.1) is 19.2 Å². The second-order valence-corrected chi connectivity index (χ2v) is 6.30.